The SMILES string of the molecule is CCNC(=NCc1scnc1C)NCC(c1cccs1)N1CCCC1. The molecule has 0 spiro atoms. The summed E-state index contributed by atoms with van der Waals surface area (Å²) in [5, 5.41) is 9.09. The molecule has 25 heavy (non-hydrogen) atoms. The molecular weight excluding hydrogens is 350 g/mol. The van der Waals surface area contributed by atoms with E-state index in [4.69, 9.17) is 4.99 Å². The fourth-order valence-electron chi connectivity index (χ4n) is 3.11. The number of likely N-dealkylation sites (tertiary alicyclic amines) is 1. The molecule has 0 radical (unpaired) electrons. The van der Waals surface area contributed by atoms with Crippen LogP contribution in [0.1, 0.15) is 41.3 Å². The van der Waals surface area contributed by atoms with E-state index in [1.807, 2.05) is 23.8 Å². The number of aryl methyl sites for hydroxylation is 1. The number of hydrogen-bond acceptors (Lipinski definition) is 5. The van der Waals surface area contributed by atoms with E-state index in [2.05, 4.69) is 45.0 Å². The number of aromatic nitrogens is 1. The number of nitrogens with zero attached hydrogens (tertiary/aromatic N) is 3. The summed E-state index contributed by atoms with van der Waals surface area (Å²) in [6, 6.07) is 4.83. The molecule has 1 aliphatic heterocycles. The third-order valence-electron chi connectivity index (χ3n) is 4.49. The maximum atomic E-state index is 4.75. The summed E-state index contributed by atoms with van der Waals surface area (Å²) in [7, 11) is 0. The van der Waals surface area contributed by atoms with E-state index in [0.29, 0.717) is 12.6 Å². The van der Waals surface area contributed by atoms with E-state index >= 15 is 0 Å². The summed E-state index contributed by atoms with van der Waals surface area (Å²) in [4.78, 5) is 14.3. The number of guanidine groups is 1. The highest BCUT2D eigenvalue weighted by atomic mass is 32.1. The van der Waals surface area contributed by atoms with Gasteiger partial charge >= 0.3 is 0 Å². The molecule has 3 heterocycles. The van der Waals surface area contributed by atoms with E-state index < -0.39 is 0 Å². The molecule has 1 saturated heterocycles. The van der Waals surface area contributed by atoms with Gasteiger partial charge in [0.05, 0.1) is 23.8 Å². The second kappa shape index (κ2) is 9.31. The first-order valence-electron chi connectivity index (χ1n) is 8.96. The van der Waals surface area contributed by atoms with Crippen LogP contribution in [0.4, 0.5) is 0 Å². The average molecular weight is 378 g/mol. The molecule has 0 bridgehead atoms. The third kappa shape index (κ3) is 5.03. The van der Waals surface area contributed by atoms with Gasteiger partial charge in [-0.1, -0.05) is 6.07 Å². The Balaban J connectivity index is 1.64. The molecule has 2 aromatic rings. The van der Waals surface area contributed by atoms with Crippen molar-refractivity contribution in [3.63, 3.8) is 0 Å². The summed E-state index contributed by atoms with van der Waals surface area (Å²) < 4.78 is 0. The fraction of sp³-hybridized carbons (Fsp3) is 0.556. The lowest BCUT2D eigenvalue weighted by atomic mass is 10.2. The van der Waals surface area contributed by atoms with Gasteiger partial charge in [0, 0.05) is 22.8 Å². The molecule has 7 heteroatoms. The minimum Gasteiger partial charge on any atom is -0.357 e. The smallest absolute Gasteiger partial charge is 0.191 e. The van der Waals surface area contributed by atoms with Crippen molar-refractivity contribution in [2.45, 2.75) is 39.3 Å². The van der Waals surface area contributed by atoms with Gasteiger partial charge in [-0.25, -0.2) is 9.98 Å². The third-order valence-corrected chi connectivity index (χ3v) is 6.38. The molecule has 2 N–H and O–H groups in total. The number of rotatable bonds is 7. The Labute approximate surface area is 158 Å². The Morgan fingerprint density at radius 2 is 2.16 bits per heavy atom. The van der Waals surface area contributed by atoms with E-state index in [1.165, 1.54) is 35.7 Å². The first-order chi connectivity index (χ1) is 12.3. The van der Waals surface area contributed by atoms with Crippen LogP contribution in [0.2, 0.25) is 0 Å². The Bertz CT molecular complexity index is 659. The van der Waals surface area contributed by atoms with E-state index in [9.17, 15) is 0 Å². The predicted octanol–water partition coefficient (Wildman–Crippen LogP) is 3.41. The van der Waals surface area contributed by atoms with E-state index in [-0.39, 0.29) is 0 Å². The van der Waals surface area contributed by atoms with Crippen molar-refractivity contribution >= 4 is 28.6 Å². The van der Waals surface area contributed by atoms with Crippen LogP contribution in [0.15, 0.2) is 28.0 Å². The van der Waals surface area contributed by atoms with Crippen molar-refractivity contribution in [3.05, 3.63) is 38.5 Å². The monoisotopic (exact) mass is 377 g/mol. The van der Waals surface area contributed by atoms with Crippen LogP contribution in [-0.2, 0) is 6.54 Å². The van der Waals surface area contributed by atoms with Crippen LogP contribution >= 0.6 is 22.7 Å². The number of aliphatic imine (C=N–C) groups is 1. The van der Waals surface area contributed by atoms with Crippen LogP contribution in [0.5, 0.6) is 0 Å². The first kappa shape index (κ1) is 18.4. The van der Waals surface area contributed by atoms with Gasteiger partial charge in [0.25, 0.3) is 0 Å². The molecule has 3 rings (SSSR count). The van der Waals surface area contributed by atoms with E-state index in [0.717, 1.165) is 24.7 Å². The minimum absolute atomic E-state index is 0.427. The Morgan fingerprint density at radius 3 is 2.80 bits per heavy atom. The zero-order valence-corrected chi connectivity index (χ0v) is 16.6. The Hall–Kier alpha value is -1.44. The molecule has 0 aromatic carbocycles. The number of nitrogens with one attached hydrogen (secondary N) is 2. The number of thiazole rings is 1. The van der Waals surface area contributed by atoms with Crippen molar-refractivity contribution in [1.82, 2.24) is 20.5 Å². The van der Waals surface area contributed by atoms with Gasteiger partial charge < -0.3 is 10.6 Å². The second-order valence-corrected chi connectivity index (χ2v) is 8.13. The standard InChI is InChI=1S/C18H27N5S2/c1-3-19-18(21-12-17-14(2)22-13-25-17)20-11-15(16-7-6-10-24-16)23-8-4-5-9-23/h6-7,10,13,15H,3-5,8-9,11-12H2,1-2H3,(H2,19,20,21). The molecule has 0 amide bonds. The summed E-state index contributed by atoms with van der Waals surface area (Å²) in [6.07, 6.45) is 2.61. The summed E-state index contributed by atoms with van der Waals surface area (Å²) >= 11 is 3.52. The van der Waals surface area contributed by atoms with Crippen LogP contribution in [0.25, 0.3) is 0 Å². The topological polar surface area (TPSA) is 52.6 Å². The van der Waals surface area contributed by atoms with Gasteiger partial charge in [-0.3, -0.25) is 4.90 Å². The highest BCUT2D eigenvalue weighted by Crippen LogP contribution is 2.27. The maximum absolute atomic E-state index is 4.75. The van der Waals surface area contributed by atoms with Crippen molar-refractivity contribution in [2.24, 2.45) is 4.99 Å². The number of thiophene rings is 1. The molecule has 0 saturated carbocycles. The zero-order valence-electron chi connectivity index (χ0n) is 15.0. The lowest BCUT2D eigenvalue weighted by Crippen LogP contribution is -2.42. The molecule has 5 nitrogen and oxygen atoms in total. The van der Waals surface area contributed by atoms with Crippen molar-refractivity contribution in [3.8, 4) is 0 Å². The van der Waals surface area contributed by atoms with Crippen molar-refractivity contribution in [2.75, 3.05) is 26.2 Å². The van der Waals surface area contributed by atoms with Gasteiger partial charge in [0.2, 0.25) is 0 Å². The van der Waals surface area contributed by atoms with E-state index in [1.54, 1.807) is 11.3 Å². The van der Waals surface area contributed by atoms with Gasteiger partial charge in [-0.2, -0.15) is 0 Å². The highest BCUT2D eigenvalue weighted by molar-refractivity contribution is 7.10. The van der Waals surface area contributed by atoms with Crippen molar-refractivity contribution in [1.29, 1.82) is 0 Å². The van der Waals surface area contributed by atoms with Crippen LogP contribution in [-0.4, -0.2) is 42.0 Å². The molecular formula is C18H27N5S2. The van der Waals surface area contributed by atoms with Crippen LogP contribution < -0.4 is 10.6 Å². The quantitative estimate of drug-likeness (QED) is 0.573. The first-order valence-corrected chi connectivity index (χ1v) is 10.7. The largest absolute Gasteiger partial charge is 0.357 e. The summed E-state index contributed by atoms with van der Waals surface area (Å²) in [6.45, 7) is 8.96. The zero-order chi connectivity index (χ0) is 17.5. The second-order valence-electron chi connectivity index (χ2n) is 6.21. The molecule has 0 aliphatic carbocycles. The van der Waals surface area contributed by atoms with Gasteiger partial charge in [-0.15, -0.1) is 22.7 Å². The predicted molar refractivity (Wildman–Crippen MR) is 108 cm³/mol. The van der Waals surface area contributed by atoms with Crippen LogP contribution in [0, 0.1) is 6.92 Å². The maximum Gasteiger partial charge on any atom is 0.191 e. The summed E-state index contributed by atoms with van der Waals surface area (Å²) in [5.74, 6) is 0.885. The molecule has 1 unspecified atom stereocenters. The fourth-order valence-corrected chi connectivity index (χ4v) is 4.67. The molecule has 1 aliphatic rings. The lowest BCUT2D eigenvalue weighted by molar-refractivity contribution is 0.249. The molecule has 2 aromatic heterocycles. The number of hydrogen-bond donors (Lipinski definition) is 2. The Kier molecular flexibility index (Phi) is 6.84. The Morgan fingerprint density at radius 1 is 1.32 bits per heavy atom. The molecule has 1 atom stereocenters. The minimum atomic E-state index is 0.427. The van der Waals surface area contributed by atoms with Gasteiger partial charge in [0.15, 0.2) is 5.96 Å². The van der Waals surface area contributed by atoms with Crippen molar-refractivity contribution < 1.29 is 0 Å². The average Bonchev–Trinajstić information content (AvgIpc) is 3.36. The molecule has 136 valence electrons. The van der Waals surface area contributed by atoms with Gasteiger partial charge in [-0.05, 0) is 51.2 Å². The lowest BCUT2D eigenvalue weighted by Gasteiger charge is -2.27. The molecule has 1 fully saturated rings. The van der Waals surface area contributed by atoms with Gasteiger partial charge in [0.1, 0.15) is 0 Å². The normalized spacial score (nSPS) is 17.0. The summed E-state index contributed by atoms with van der Waals surface area (Å²) in [5.41, 5.74) is 2.97. The van der Waals surface area contributed by atoms with Crippen LogP contribution in [0.3, 0.4) is 0 Å². The highest BCUT2D eigenvalue weighted by Gasteiger charge is 2.24.